The van der Waals surface area contributed by atoms with Gasteiger partial charge in [0.1, 0.15) is 12.4 Å². The van der Waals surface area contributed by atoms with E-state index in [4.69, 9.17) is 14.2 Å². The Kier molecular flexibility index (Phi) is 8.59. The van der Waals surface area contributed by atoms with Gasteiger partial charge in [-0.3, -0.25) is 4.79 Å². The zero-order chi connectivity index (χ0) is 20.2. The number of para-hydroxylation sites is 1. The monoisotopic (exact) mass is 382 g/mol. The summed E-state index contributed by atoms with van der Waals surface area (Å²) in [6.45, 7) is 8.97. The van der Waals surface area contributed by atoms with Crippen molar-refractivity contribution in [2.45, 2.75) is 20.3 Å². The number of carbonyl (C=O) groups is 1. The zero-order valence-electron chi connectivity index (χ0n) is 16.3. The molecule has 148 valence electrons. The number of nitrogens with zero attached hydrogens (tertiary/aromatic N) is 1. The molecule has 28 heavy (non-hydrogen) atoms. The van der Waals surface area contributed by atoms with Crippen molar-refractivity contribution < 1.29 is 19.0 Å². The maximum absolute atomic E-state index is 12.4. The summed E-state index contributed by atoms with van der Waals surface area (Å²) in [6, 6.07) is 12.5. The van der Waals surface area contributed by atoms with Crippen LogP contribution in [0.4, 0.5) is 0 Å². The number of rotatable bonds is 11. The second-order valence-corrected chi connectivity index (χ2v) is 5.78. The minimum absolute atomic E-state index is 0.348. The SMILES string of the molecule is C=CCOc1ccc(C(=O)N/N=C/c2ccccc2OCCC)cc1OCC. The third kappa shape index (κ3) is 6.16. The highest BCUT2D eigenvalue weighted by molar-refractivity contribution is 5.95. The number of amides is 1. The fourth-order valence-corrected chi connectivity index (χ4v) is 2.34. The van der Waals surface area contributed by atoms with E-state index in [-0.39, 0.29) is 5.91 Å². The summed E-state index contributed by atoms with van der Waals surface area (Å²) in [4.78, 5) is 12.4. The molecule has 0 atom stereocenters. The highest BCUT2D eigenvalue weighted by atomic mass is 16.5. The molecule has 0 bridgehead atoms. The van der Waals surface area contributed by atoms with E-state index >= 15 is 0 Å². The minimum Gasteiger partial charge on any atom is -0.493 e. The van der Waals surface area contributed by atoms with Crippen molar-refractivity contribution in [2.24, 2.45) is 5.10 Å². The molecule has 0 unspecified atom stereocenters. The van der Waals surface area contributed by atoms with Crippen molar-refractivity contribution in [1.29, 1.82) is 0 Å². The number of carbonyl (C=O) groups excluding carboxylic acids is 1. The van der Waals surface area contributed by atoms with Crippen LogP contribution in [0.1, 0.15) is 36.2 Å². The predicted molar refractivity (Wildman–Crippen MR) is 111 cm³/mol. The van der Waals surface area contributed by atoms with Gasteiger partial charge in [0.05, 0.1) is 19.4 Å². The quantitative estimate of drug-likeness (QED) is 0.359. The molecule has 1 amide bonds. The van der Waals surface area contributed by atoms with E-state index in [1.807, 2.05) is 38.1 Å². The van der Waals surface area contributed by atoms with Crippen molar-refractivity contribution in [3.05, 3.63) is 66.2 Å². The van der Waals surface area contributed by atoms with Gasteiger partial charge in [-0.15, -0.1) is 0 Å². The highest BCUT2D eigenvalue weighted by Gasteiger charge is 2.11. The van der Waals surface area contributed by atoms with Crippen LogP contribution in [0, 0.1) is 0 Å². The summed E-state index contributed by atoms with van der Waals surface area (Å²) in [5.74, 6) is 1.44. The molecule has 0 spiro atoms. The molecule has 0 saturated carbocycles. The smallest absolute Gasteiger partial charge is 0.271 e. The first-order valence-corrected chi connectivity index (χ1v) is 9.25. The molecular formula is C22H26N2O4. The fraction of sp³-hybridized carbons (Fsp3) is 0.273. The Morgan fingerprint density at radius 1 is 1.07 bits per heavy atom. The normalized spacial score (nSPS) is 10.5. The molecule has 2 aromatic carbocycles. The van der Waals surface area contributed by atoms with Crippen molar-refractivity contribution >= 4 is 12.1 Å². The number of benzene rings is 2. The summed E-state index contributed by atoms with van der Waals surface area (Å²) >= 11 is 0. The van der Waals surface area contributed by atoms with E-state index in [9.17, 15) is 4.79 Å². The van der Waals surface area contributed by atoms with E-state index in [0.717, 1.165) is 17.7 Å². The summed E-state index contributed by atoms with van der Waals surface area (Å²) < 4.78 is 16.8. The maximum Gasteiger partial charge on any atom is 0.271 e. The Morgan fingerprint density at radius 3 is 2.64 bits per heavy atom. The van der Waals surface area contributed by atoms with Crippen LogP contribution in [0.5, 0.6) is 17.2 Å². The lowest BCUT2D eigenvalue weighted by molar-refractivity contribution is 0.0954. The first-order valence-electron chi connectivity index (χ1n) is 9.25. The van der Waals surface area contributed by atoms with Crippen LogP contribution >= 0.6 is 0 Å². The van der Waals surface area contributed by atoms with Gasteiger partial charge in [0, 0.05) is 11.1 Å². The lowest BCUT2D eigenvalue weighted by atomic mass is 10.2. The highest BCUT2D eigenvalue weighted by Crippen LogP contribution is 2.28. The van der Waals surface area contributed by atoms with Crippen molar-refractivity contribution in [3.63, 3.8) is 0 Å². The summed E-state index contributed by atoms with van der Waals surface area (Å²) in [6.07, 6.45) is 4.12. The summed E-state index contributed by atoms with van der Waals surface area (Å²) in [5, 5.41) is 4.04. The Morgan fingerprint density at radius 2 is 1.89 bits per heavy atom. The minimum atomic E-state index is -0.348. The van der Waals surface area contributed by atoms with Crippen LogP contribution in [0.2, 0.25) is 0 Å². The van der Waals surface area contributed by atoms with Crippen LogP contribution in [0.25, 0.3) is 0 Å². The van der Waals surface area contributed by atoms with Crippen LogP contribution < -0.4 is 19.6 Å². The number of hydrogen-bond donors (Lipinski definition) is 1. The molecule has 6 heteroatoms. The average Bonchev–Trinajstić information content (AvgIpc) is 2.72. The lowest BCUT2D eigenvalue weighted by Crippen LogP contribution is -2.18. The van der Waals surface area contributed by atoms with Gasteiger partial charge in [-0.05, 0) is 43.7 Å². The molecular weight excluding hydrogens is 356 g/mol. The number of hydrogen-bond acceptors (Lipinski definition) is 5. The summed E-state index contributed by atoms with van der Waals surface area (Å²) in [7, 11) is 0. The predicted octanol–water partition coefficient (Wildman–Crippen LogP) is 4.20. The molecule has 0 fully saturated rings. The Labute approximate surface area is 165 Å². The zero-order valence-corrected chi connectivity index (χ0v) is 16.3. The largest absolute Gasteiger partial charge is 0.493 e. The van der Waals surface area contributed by atoms with Gasteiger partial charge in [-0.1, -0.05) is 31.7 Å². The molecule has 0 heterocycles. The fourth-order valence-electron chi connectivity index (χ4n) is 2.34. The number of hydrazone groups is 1. The van der Waals surface area contributed by atoms with E-state index in [1.165, 1.54) is 0 Å². The Hall–Kier alpha value is -3.28. The van der Waals surface area contributed by atoms with Crippen molar-refractivity contribution in [2.75, 3.05) is 19.8 Å². The van der Waals surface area contributed by atoms with Crippen LogP contribution in [-0.4, -0.2) is 31.9 Å². The van der Waals surface area contributed by atoms with Gasteiger partial charge in [0.2, 0.25) is 0 Å². The Bertz CT molecular complexity index is 818. The van der Waals surface area contributed by atoms with Gasteiger partial charge < -0.3 is 14.2 Å². The average molecular weight is 382 g/mol. The number of nitrogens with one attached hydrogen (secondary N) is 1. The Balaban J connectivity index is 2.07. The van der Waals surface area contributed by atoms with Crippen molar-refractivity contribution in [1.82, 2.24) is 5.43 Å². The second kappa shape index (κ2) is 11.4. The maximum atomic E-state index is 12.4. The number of ether oxygens (including phenoxy) is 3. The molecule has 0 radical (unpaired) electrons. The molecule has 0 aliphatic rings. The third-order valence-electron chi connectivity index (χ3n) is 3.61. The third-order valence-corrected chi connectivity index (χ3v) is 3.61. The lowest BCUT2D eigenvalue weighted by Gasteiger charge is -2.12. The molecule has 0 aromatic heterocycles. The first kappa shape index (κ1) is 21.0. The van der Waals surface area contributed by atoms with Gasteiger partial charge in [-0.25, -0.2) is 5.43 Å². The standard InChI is InChI=1S/C22H26N2O4/c1-4-13-27-19-10-8-7-9-18(19)16-23-24-22(25)17-11-12-20(28-14-5-2)21(15-17)26-6-3/h5,7-12,15-16H,2,4,6,13-14H2,1,3H3,(H,24,25)/b23-16+. The van der Waals surface area contributed by atoms with Crippen LogP contribution in [0.3, 0.4) is 0 Å². The van der Waals surface area contributed by atoms with Crippen LogP contribution in [-0.2, 0) is 0 Å². The van der Waals surface area contributed by atoms with E-state index in [0.29, 0.717) is 36.9 Å². The molecule has 6 nitrogen and oxygen atoms in total. The van der Waals surface area contributed by atoms with Gasteiger partial charge in [0.25, 0.3) is 5.91 Å². The van der Waals surface area contributed by atoms with E-state index < -0.39 is 0 Å². The van der Waals surface area contributed by atoms with Gasteiger partial charge >= 0.3 is 0 Å². The van der Waals surface area contributed by atoms with E-state index in [2.05, 4.69) is 17.1 Å². The van der Waals surface area contributed by atoms with Gasteiger partial charge in [-0.2, -0.15) is 5.10 Å². The van der Waals surface area contributed by atoms with Crippen molar-refractivity contribution in [3.8, 4) is 17.2 Å². The summed E-state index contributed by atoms with van der Waals surface area (Å²) in [5.41, 5.74) is 3.73. The van der Waals surface area contributed by atoms with E-state index in [1.54, 1.807) is 30.5 Å². The van der Waals surface area contributed by atoms with Gasteiger partial charge in [0.15, 0.2) is 11.5 Å². The molecule has 1 N–H and O–H groups in total. The molecule has 0 aliphatic carbocycles. The molecule has 2 rings (SSSR count). The second-order valence-electron chi connectivity index (χ2n) is 5.78. The topological polar surface area (TPSA) is 69.2 Å². The van der Waals surface area contributed by atoms with Crippen LogP contribution in [0.15, 0.2) is 60.2 Å². The molecule has 0 saturated heterocycles. The molecule has 2 aromatic rings. The first-order chi connectivity index (χ1) is 13.7. The molecule has 0 aliphatic heterocycles.